The highest BCUT2D eigenvalue weighted by molar-refractivity contribution is 7.89. The lowest BCUT2D eigenvalue weighted by Crippen LogP contribution is -2.30. The number of aromatic nitrogens is 2. The molecule has 1 saturated heterocycles. The zero-order chi connectivity index (χ0) is 13.9. The van der Waals surface area contributed by atoms with Gasteiger partial charge in [0.2, 0.25) is 10.0 Å². The summed E-state index contributed by atoms with van der Waals surface area (Å²) in [6.45, 7) is 3.40. The highest BCUT2D eigenvalue weighted by Crippen LogP contribution is 2.14. The van der Waals surface area contributed by atoms with Crippen LogP contribution in [0.2, 0.25) is 0 Å². The summed E-state index contributed by atoms with van der Waals surface area (Å²) in [6.07, 6.45) is 3.90. The number of sulfonamides is 1. The van der Waals surface area contributed by atoms with Crippen LogP contribution in [0.15, 0.2) is 17.3 Å². The summed E-state index contributed by atoms with van der Waals surface area (Å²) < 4.78 is 28.4. The van der Waals surface area contributed by atoms with Gasteiger partial charge >= 0.3 is 0 Å². The first-order valence-electron chi connectivity index (χ1n) is 6.42. The highest BCUT2D eigenvalue weighted by atomic mass is 32.2. The third-order valence-corrected chi connectivity index (χ3v) is 4.71. The maximum atomic E-state index is 12.1. The molecule has 3 N–H and O–H groups in total. The summed E-state index contributed by atoms with van der Waals surface area (Å²) >= 11 is 0. The molecule has 1 aliphatic rings. The molecule has 0 radical (unpaired) electrons. The Kier molecular flexibility index (Phi) is 4.56. The van der Waals surface area contributed by atoms with Crippen LogP contribution in [-0.4, -0.2) is 56.3 Å². The molecule has 108 valence electrons. The molecule has 8 heteroatoms. The molecule has 0 saturated carbocycles. The van der Waals surface area contributed by atoms with E-state index in [1.165, 1.54) is 17.1 Å². The fourth-order valence-electron chi connectivity index (χ4n) is 2.24. The van der Waals surface area contributed by atoms with Crippen molar-refractivity contribution in [2.75, 3.05) is 33.2 Å². The number of likely N-dealkylation sites (tertiary alicyclic amines) is 1. The molecule has 1 aliphatic heterocycles. The minimum Gasteiger partial charge on any atom is -0.329 e. The second-order valence-electron chi connectivity index (χ2n) is 5.00. The SMILES string of the molecule is CN1CCC(CNS(=O)(=O)c2cnn(CCN)c2)C1. The average Bonchev–Trinajstić information content (AvgIpc) is 2.97. The van der Waals surface area contributed by atoms with Crippen molar-refractivity contribution in [3.8, 4) is 0 Å². The van der Waals surface area contributed by atoms with Crippen molar-refractivity contribution in [2.45, 2.75) is 17.9 Å². The van der Waals surface area contributed by atoms with Gasteiger partial charge in [0, 0.05) is 25.8 Å². The fraction of sp³-hybridized carbons (Fsp3) is 0.727. The topological polar surface area (TPSA) is 93.2 Å². The van der Waals surface area contributed by atoms with Gasteiger partial charge in [-0.25, -0.2) is 13.1 Å². The van der Waals surface area contributed by atoms with E-state index in [0.29, 0.717) is 25.6 Å². The Morgan fingerprint density at radius 3 is 3.00 bits per heavy atom. The molecule has 0 bridgehead atoms. The summed E-state index contributed by atoms with van der Waals surface area (Å²) in [5, 5.41) is 3.97. The first kappa shape index (κ1) is 14.4. The van der Waals surface area contributed by atoms with Crippen LogP contribution in [0, 0.1) is 5.92 Å². The average molecular weight is 287 g/mol. The van der Waals surface area contributed by atoms with E-state index in [9.17, 15) is 8.42 Å². The van der Waals surface area contributed by atoms with Crippen LogP contribution in [-0.2, 0) is 16.6 Å². The zero-order valence-corrected chi connectivity index (χ0v) is 11.9. The van der Waals surface area contributed by atoms with E-state index in [0.717, 1.165) is 19.5 Å². The van der Waals surface area contributed by atoms with Crippen molar-refractivity contribution in [2.24, 2.45) is 11.7 Å². The van der Waals surface area contributed by atoms with Crippen LogP contribution in [0.4, 0.5) is 0 Å². The molecular formula is C11H21N5O2S. The molecule has 1 atom stereocenters. The predicted molar refractivity (Wildman–Crippen MR) is 72.1 cm³/mol. The first-order chi connectivity index (χ1) is 9.01. The Balaban J connectivity index is 1.93. The van der Waals surface area contributed by atoms with Gasteiger partial charge in [-0.3, -0.25) is 4.68 Å². The Morgan fingerprint density at radius 2 is 2.37 bits per heavy atom. The largest absolute Gasteiger partial charge is 0.329 e. The Labute approximate surface area is 113 Å². The second-order valence-corrected chi connectivity index (χ2v) is 6.76. The lowest BCUT2D eigenvalue weighted by molar-refractivity contribution is 0.394. The Morgan fingerprint density at radius 1 is 1.58 bits per heavy atom. The van der Waals surface area contributed by atoms with Gasteiger partial charge in [0.15, 0.2) is 0 Å². The summed E-state index contributed by atoms with van der Waals surface area (Å²) in [4.78, 5) is 2.41. The maximum absolute atomic E-state index is 12.1. The third kappa shape index (κ3) is 3.75. The van der Waals surface area contributed by atoms with E-state index >= 15 is 0 Å². The van der Waals surface area contributed by atoms with E-state index in [4.69, 9.17) is 5.73 Å². The molecule has 0 aliphatic carbocycles. The molecule has 2 rings (SSSR count). The van der Waals surface area contributed by atoms with E-state index in [1.54, 1.807) is 0 Å². The summed E-state index contributed by atoms with van der Waals surface area (Å²) in [6, 6.07) is 0. The smallest absolute Gasteiger partial charge is 0.243 e. The fourth-order valence-corrected chi connectivity index (χ4v) is 3.31. The Hall–Kier alpha value is -0.960. The molecule has 0 spiro atoms. The van der Waals surface area contributed by atoms with Crippen molar-refractivity contribution in [1.82, 2.24) is 19.4 Å². The molecule has 0 amide bonds. The zero-order valence-electron chi connectivity index (χ0n) is 11.1. The summed E-state index contributed by atoms with van der Waals surface area (Å²) in [5.41, 5.74) is 5.40. The van der Waals surface area contributed by atoms with Crippen molar-refractivity contribution >= 4 is 10.0 Å². The van der Waals surface area contributed by atoms with Crippen molar-refractivity contribution < 1.29 is 8.42 Å². The van der Waals surface area contributed by atoms with Crippen molar-refractivity contribution in [3.63, 3.8) is 0 Å². The maximum Gasteiger partial charge on any atom is 0.243 e. The van der Waals surface area contributed by atoms with Crippen molar-refractivity contribution in [3.05, 3.63) is 12.4 Å². The molecule has 0 aromatic carbocycles. The van der Waals surface area contributed by atoms with Crippen molar-refractivity contribution in [1.29, 1.82) is 0 Å². The van der Waals surface area contributed by atoms with Gasteiger partial charge in [-0.1, -0.05) is 0 Å². The molecule has 7 nitrogen and oxygen atoms in total. The minimum absolute atomic E-state index is 0.201. The highest BCUT2D eigenvalue weighted by Gasteiger charge is 2.23. The summed E-state index contributed by atoms with van der Waals surface area (Å²) in [7, 11) is -1.41. The number of nitrogens with two attached hydrogens (primary N) is 1. The molecule has 1 unspecified atom stereocenters. The number of rotatable bonds is 6. The standard InChI is InChI=1S/C11H21N5O2S/c1-15-4-2-10(8-15)6-14-19(17,18)11-7-13-16(9-11)5-3-12/h7,9-10,14H,2-6,8,12H2,1H3. The normalized spacial score (nSPS) is 21.1. The number of hydrogen-bond acceptors (Lipinski definition) is 5. The summed E-state index contributed by atoms with van der Waals surface area (Å²) in [5.74, 6) is 0.388. The minimum atomic E-state index is -3.46. The first-order valence-corrected chi connectivity index (χ1v) is 7.90. The molecule has 1 aromatic heterocycles. The van der Waals surface area contributed by atoms with Crippen LogP contribution in [0.1, 0.15) is 6.42 Å². The van der Waals surface area contributed by atoms with Gasteiger partial charge in [-0.15, -0.1) is 0 Å². The number of nitrogens with zero attached hydrogens (tertiary/aromatic N) is 3. The molecule has 1 fully saturated rings. The number of nitrogens with one attached hydrogen (secondary N) is 1. The van der Waals surface area contributed by atoms with E-state index in [1.807, 2.05) is 7.05 Å². The van der Waals surface area contributed by atoms with Crippen LogP contribution in [0.3, 0.4) is 0 Å². The second kappa shape index (κ2) is 6.00. The molecule has 1 aromatic rings. The molecular weight excluding hydrogens is 266 g/mol. The predicted octanol–water partition coefficient (Wildman–Crippen LogP) is -0.928. The lowest BCUT2D eigenvalue weighted by Gasteiger charge is -2.11. The van der Waals surface area contributed by atoms with Crippen LogP contribution in [0.25, 0.3) is 0 Å². The Bertz CT molecular complexity index is 513. The molecule has 2 heterocycles. The van der Waals surface area contributed by atoms with Crippen LogP contribution in [0.5, 0.6) is 0 Å². The monoisotopic (exact) mass is 287 g/mol. The quantitative estimate of drug-likeness (QED) is 0.705. The van der Waals surface area contributed by atoms with Crippen LogP contribution < -0.4 is 10.5 Å². The van der Waals surface area contributed by atoms with Gasteiger partial charge in [0.05, 0.1) is 12.7 Å². The van der Waals surface area contributed by atoms with Gasteiger partial charge in [0.25, 0.3) is 0 Å². The van der Waals surface area contributed by atoms with Gasteiger partial charge in [0.1, 0.15) is 4.90 Å². The molecule has 19 heavy (non-hydrogen) atoms. The van der Waals surface area contributed by atoms with E-state index in [-0.39, 0.29) is 4.90 Å². The van der Waals surface area contributed by atoms with Gasteiger partial charge < -0.3 is 10.6 Å². The van der Waals surface area contributed by atoms with Crippen LogP contribution >= 0.6 is 0 Å². The van der Waals surface area contributed by atoms with E-state index in [2.05, 4.69) is 14.7 Å². The lowest BCUT2D eigenvalue weighted by atomic mass is 10.1. The number of hydrogen-bond donors (Lipinski definition) is 2. The van der Waals surface area contributed by atoms with Gasteiger partial charge in [-0.05, 0) is 25.9 Å². The van der Waals surface area contributed by atoms with Gasteiger partial charge in [-0.2, -0.15) is 5.10 Å². The third-order valence-electron chi connectivity index (χ3n) is 3.33. The van der Waals surface area contributed by atoms with E-state index < -0.39 is 10.0 Å².